The Hall–Kier alpha value is -0.980. The van der Waals surface area contributed by atoms with Gasteiger partial charge >= 0.3 is 0 Å². The lowest BCUT2D eigenvalue weighted by molar-refractivity contribution is 0.0796. The fourth-order valence-electron chi connectivity index (χ4n) is 2.25. The highest BCUT2D eigenvalue weighted by Crippen LogP contribution is 2.13. The lowest BCUT2D eigenvalue weighted by Crippen LogP contribution is -2.24. The fourth-order valence-corrected chi connectivity index (χ4v) is 2.25. The summed E-state index contributed by atoms with van der Waals surface area (Å²) in [5.41, 5.74) is 0.824. The van der Waals surface area contributed by atoms with Gasteiger partial charge in [-0.25, -0.2) is 0 Å². The molecule has 0 bridgehead atoms. The predicted octanol–water partition coefficient (Wildman–Crippen LogP) is 0.177. The Bertz CT molecular complexity index is 335. The van der Waals surface area contributed by atoms with Crippen molar-refractivity contribution in [2.45, 2.75) is 32.4 Å². The highest BCUT2D eigenvalue weighted by molar-refractivity contribution is 4.90. The molecule has 2 N–H and O–H groups in total. The van der Waals surface area contributed by atoms with Gasteiger partial charge in [0.2, 0.25) is 0 Å². The van der Waals surface area contributed by atoms with E-state index in [9.17, 15) is 0 Å². The zero-order valence-corrected chi connectivity index (χ0v) is 10.7. The minimum Gasteiger partial charge on any atom is -0.394 e. The number of ether oxygens (including phenoxy) is 1. The first kappa shape index (κ1) is 13.5. The summed E-state index contributed by atoms with van der Waals surface area (Å²) in [5.74, 6) is 0.639. The zero-order valence-electron chi connectivity index (χ0n) is 10.7. The molecule has 18 heavy (non-hydrogen) atoms. The normalized spacial score (nSPS) is 20.8. The summed E-state index contributed by atoms with van der Waals surface area (Å²) in [6.45, 7) is 3.93. The molecule has 1 aromatic rings. The molecule has 1 saturated heterocycles. The van der Waals surface area contributed by atoms with Crippen molar-refractivity contribution < 1.29 is 9.84 Å². The predicted molar refractivity (Wildman–Crippen MR) is 67.0 cm³/mol. The Morgan fingerprint density at radius 3 is 3.33 bits per heavy atom. The van der Waals surface area contributed by atoms with Crippen LogP contribution in [0.1, 0.15) is 25.0 Å². The van der Waals surface area contributed by atoms with E-state index in [1.165, 1.54) is 19.3 Å². The van der Waals surface area contributed by atoms with Gasteiger partial charge < -0.3 is 15.2 Å². The van der Waals surface area contributed by atoms with Gasteiger partial charge in [-0.2, -0.15) is 0 Å². The lowest BCUT2D eigenvalue weighted by Gasteiger charge is -2.13. The maximum Gasteiger partial charge on any atom is 0.108 e. The maximum absolute atomic E-state index is 8.62. The number of rotatable bonds is 6. The van der Waals surface area contributed by atoms with Crippen LogP contribution in [0.2, 0.25) is 0 Å². The third kappa shape index (κ3) is 4.36. The van der Waals surface area contributed by atoms with Crippen LogP contribution in [0.25, 0.3) is 0 Å². The highest BCUT2D eigenvalue weighted by atomic mass is 16.5. The first-order chi connectivity index (χ1) is 8.88. The Morgan fingerprint density at radius 2 is 2.44 bits per heavy atom. The van der Waals surface area contributed by atoms with Crippen LogP contribution < -0.4 is 5.32 Å². The molecular formula is C12H22N4O2. The molecule has 0 saturated carbocycles. The van der Waals surface area contributed by atoms with E-state index in [1.54, 1.807) is 0 Å². The summed E-state index contributed by atoms with van der Waals surface area (Å²) >= 11 is 0. The molecule has 0 spiro atoms. The molecule has 6 heteroatoms. The van der Waals surface area contributed by atoms with E-state index < -0.39 is 0 Å². The molecule has 1 fully saturated rings. The Morgan fingerprint density at radius 1 is 1.50 bits per heavy atom. The van der Waals surface area contributed by atoms with Crippen molar-refractivity contribution in [2.75, 3.05) is 26.3 Å². The number of hydrogen-bond acceptors (Lipinski definition) is 5. The molecule has 102 valence electrons. The summed E-state index contributed by atoms with van der Waals surface area (Å²) in [6.07, 6.45) is 5.75. The first-order valence-electron chi connectivity index (χ1n) is 6.67. The maximum atomic E-state index is 8.62. The Balaban J connectivity index is 1.78. The highest BCUT2D eigenvalue weighted by Gasteiger charge is 2.13. The van der Waals surface area contributed by atoms with Crippen molar-refractivity contribution in [1.82, 2.24) is 20.3 Å². The van der Waals surface area contributed by atoms with Crippen LogP contribution in [0.15, 0.2) is 6.20 Å². The van der Waals surface area contributed by atoms with E-state index in [-0.39, 0.29) is 6.61 Å². The third-order valence-corrected chi connectivity index (χ3v) is 3.17. The van der Waals surface area contributed by atoms with E-state index in [0.717, 1.165) is 25.3 Å². The molecule has 2 heterocycles. The quantitative estimate of drug-likeness (QED) is 0.708. The number of aliphatic hydroxyl groups is 1. The molecule has 1 atom stereocenters. The molecule has 6 nitrogen and oxygen atoms in total. The SMILES string of the molecule is OCCOCc1cn(CC2CCCCNC2)nn1. The minimum atomic E-state index is 0.0435. The van der Waals surface area contributed by atoms with Crippen molar-refractivity contribution in [3.05, 3.63) is 11.9 Å². The number of hydrogen-bond donors (Lipinski definition) is 2. The summed E-state index contributed by atoms with van der Waals surface area (Å²) < 4.78 is 7.11. The van der Waals surface area contributed by atoms with Gasteiger partial charge in [0.15, 0.2) is 0 Å². The van der Waals surface area contributed by atoms with Gasteiger partial charge in [-0.15, -0.1) is 5.10 Å². The van der Waals surface area contributed by atoms with E-state index >= 15 is 0 Å². The van der Waals surface area contributed by atoms with Crippen molar-refractivity contribution in [1.29, 1.82) is 0 Å². The number of aromatic nitrogens is 3. The van der Waals surface area contributed by atoms with Crippen molar-refractivity contribution >= 4 is 0 Å². The molecular weight excluding hydrogens is 232 g/mol. The second-order valence-corrected chi connectivity index (χ2v) is 4.77. The number of nitrogens with one attached hydrogen (secondary N) is 1. The average molecular weight is 254 g/mol. The van der Waals surface area contributed by atoms with Crippen LogP contribution in [-0.2, 0) is 17.9 Å². The largest absolute Gasteiger partial charge is 0.394 e. The molecule has 1 unspecified atom stereocenters. The topological polar surface area (TPSA) is 72.2 Å². The average Bonchev–Trinajstić information content (AvgIpc) is 2.65. The number of nitrogens with zero attached hydrogens (tertiary/aromatic N) is 3. The van der Waals surface area contributed by atoms with Gasteiger partial charge in [0, 0.05) is 6.54 Å². The molecule has 0 amide bonds. The van der Waals surface area contributed by atoms with Crippen LogP contribution in [0, 0.1) is 5.92 Å². The molecule has 2 rings (SSSR count). The van der Waals surface area contributed by atoms with Gasteiger partial charge in [-0.05, 0) is 31.8 Å². The van der Waals surface area contributed by atoms with Gasteiger partial charge in [-0.1, -0.05) is 11.6 Å². The zero-order chi connectivity index (χ0) is 12.6. The van der Waals surface area contributed by atoms with Gasteiger partial charge in [0.25, 0.3) is 0 Å². The van der Waals surface area contributed by atoms with Crippen LogP contribution in [-0.4, -0.2) is 46.4 Å². The van der Waals surface area contributed by atoms with Crippen LogP contribution in [0.4, 0.5) is 0 Å². The minimum absolute atomic E-state index is 0.0435. The smallest absolute Gasteiger partial charge is 0.108 e. The summed E-state index contributed by atoms with van der Waals surface area (Å²) in [7, 11) is 0. The van der Waals surface area contributed by atoms with Gasteiger partial charge in [0.05, 0.1) is 26.0 Å². The Labute approximate surface area is 107 Å². The van der Waals surface area contributed by atoms with Crippen molar-refractivity contribution in [3.8, 4) is 0 Å². The molecule has 1 aromatic heterocycles. The molecule has 0 radical (unpaired) electrons. The second-order valence-electron chi connectivity index (χ2n) is 4.77. The molecule has 0 aliphatic carbocycles. The third-order valence-electron chi connectivity index (χ3n) is 3.17. The lowest BCUT2D eigenvalue weighted by atomic mass is 10.0. The van der Waals surface area contributed by atoms with E-state index in [2.05, 4.69) is 15.6 Å². The Kier molecular flexibility index (Phi) is 5.57. The van der Waals surface area contributed by atoms with Gasteiger partial charge in [-0.3, -0.25) is 4.68 Å². The second kappa shape index (κ2) is 7.45. The summed E-state index contributed by atoms with van der Waals surface area (Å²) in [6, 6.07) is 0. The van der Waals surface area contributed by atoms with E-state index in [1.807, 2.05) is 10.9 Å². The van der Waals surface area contributed by atoms with Gasteiger partial charge in [0.1, 0.15) is 5.69 Å². The molecule has 1 aliphatic rings. The summed E-state index contributed by atoms with van der Waals surface area (Å²) in [4.78, 5) is 0. The fraction of sp³-hybridized carbons (Fsp3) is 0.833. The first-order valence-corrected chi connectivity index (χ1v) is 6.67. The van der Waals surface area contributed by atoms with Crippen LogP contribution in [0.5, 0.6) is 0 Å². The van der Waals surface area contributed by atoms with E-state index in [0.29, 0.717) is 19.1 Å². The van der Waals surface area contributed by atoms with Crippen LogP contribution in [0.3, 0.4) is 0 Å². The van der Waals surface area contributed by atoms with Crippen molar-refractivity contribution in [3.63, 3.8) is 0 Å². The van der Waals surface area contributed by atoms with Crippen molar-refractivity contribution in [2.24, 2.45) is 5.92 Å². The standard InChI is InChI=1S/C12H22N4O2/c17-5-6-18-10-12-9-16(15-14-12)8-11-3-1-2-4-13-7-11/h9,11,13,17H,1-8,10H2. The van der Waals surface area contributed by atoms with Crippen LogP contribution >= 0.6 is 0 Å². The monoisotopic (exact) mass is 254 g/mol. The summed E-state index contributed by atoms with van der Waals surface area (Å²) in [5, 5.41) is 20.3. The molecule has 0 aromatic carbocycles. The number of aliphatic hydroxyl groups excluding tert-OH is 1. The van der Waals surface area contributed by atoms with E-state index in [4.69, 9.17) is 9.84 Å². The molecule has 1 aliphatic heterocycles.